The van der Waals surface area contributed by atoms with Crippen LogP contribution in [0.3, 0.4) is 0 Å². The van der Waals surface area contributed by atoms with E-state index in [1.165, 1.54) is 0 Å². The molecule has 1 aromatic heterocycles. The Hall–Kier alpha value is -1.73. The van der Waals surface area contributed by atoms with Crippen molar-refractivity contribution < 1.29 is 14.3 Å². The van der Waals surface area contributed by atoms with Crippen molar-refractivity contribution in [3.8, 4) is 0 Å². The molecule has 0 bridgehead atoms. The molecule has 1 saturated heterocycles. The molecule has 6 nitrogen and oxygen atoms in total. The normalized spacial score (nSPS) is 18.2. The molecule has 2 atom stereocenters. The molecule has 8 heteroatoms. The lowest BCUT2D eigenvalue weighted by molar-refractivity contribution is 0.113. The van der Waals surface area contributed by atoms with E-state index in [0.29, 0.717) is 34.7 Å². The fourth-order valence-electron chi connectivity index (χ4n) is 3.00. The van der Waals surface area contributed by atoms with Crippen molar-refractivity contribution in [2.75, 3.05) is 26.2 Å². The van der Waals surface area contributed by atoms with E-state index < -0.39 is 6.10 Å². The maximum Gasteiger partial charge on any atom is 0.191 e. The average Bonchev–Trinajstić information content (AvgIpc) is 3.36. The van der Waals surface area contributed by atoms with Gasteiger partial charge in [0, 0.05) is 36.2 Å². The molecule has 28 heavy (non-hydrogen) atoms. The Morgan fingerprint density at radius 2 is 2.07 bits per heavy atom. The van der Waals surface area contributed by atoms with Crippen molar-refractivity contribution in [1.82, 2.24) is 10.6 Å². The van der Waals surface area contributed by atoms with Gasteiger partial charge in [0.1, 0.15) is 5.76 Å². The lowest BCUT2D eigenvalue weighted by Gasteiger charge is -2.16. The summed E-state index contributed by atoms with van der Waals surface area (Å²) in [7, 11) is 0. The molecule has 1 aliphatic heterocycles. The lowest BCUT2D eigenvalue weighted by Crippen LogP contribution is -2.42. The second-order valence-electron chi connectivity index (χ2n) is 6.68. The Morgan fingerprint density at radius 1 is 1.25 bits per heavy atom. The fourth-order valence-corrected chi connectivity index (χ4v) is 3.54. The highest BCUT2D eigenvalue weighted by Crippen LogP contribution is 2.23. The van der Waals surface area contributed by atoms with Crippen molar-refractivity contribution in [1.29, 1.82) is 0 Å². The first kappa shape index (κ1) is 21.0. The van der Waals surface area contributed by atoms with Crippen LogP contribution in [0.2, 0.25) is 10.0 Å². The van der Waals surface area contributed by atoms with E-state index in [2.05, 4.69) is 15.6 Å². The highest BCUT2D eigenvalue weighted by molar-refractivity contribution is 6.34. The van der Waals surface area contributed by atoms with Crippen LogP contribution in [0.15, 0.2) is 46.0 Å². The van der Waals surface area contributed by atoms with Crippen LogP contribution in [-0.2, 0) is 11.2 Å². The topological polar surface area (TPSA) is 79.0 Å². The Kier molecular flexibility index (Phi) is 8.03. The second kappa shape index (κ2) is 10.7. The van der Waals surface area contributed by atoms with Crippen molar-refractivity contribution in [3.05, 3.63) is 58.0 Å². The summed E-state index contributed by atoms with van der Waals surface area (Å²) >= 11 is 12.0. The predicted molar refractivity (Wildman–Crippen MR) is 111 cm³/mol. The van der Waals surface area contributed by atoms with E-state index in [1.807, 2.05) is 12.1 Å². The number of guanidine groups is 1. The summed E-state index contributed by atoms with van der Waals surface area (Å²) in [5.41, 5.74) is 0.635. The number of rotatable bonds is 8. The van der Waals surface area contributed by atoms with Crippen LogP contribution in [0.4, 0.5) is 0 Å². The van der Waals surface area contributed by atoms with Gasteiger partial charge in [-0.25, -0.2) is 0 Å². The number of hydrogen-bond acceptors (Lipinski definition) is 4. The van der Waals surface area contributed by atoms with E-state index >= 15 is 0 Å². The highest BCUT2D eigenvalue weighted by atomic mass is 35.5. The van der Waals surface area contributed by atoms with Crippen LogP contribution in [-0.4, -0.2) is 43.4 Å². The first-order valence-electron chi connectivity index (χ1n) is 9.40. The van der Waals surface area contributed by atoms with Gasteiger partial charge in [-0.05, 0) is 48.7 Å². The molecule has 0 aliphatic carbocycles. The van der Waals surface area contributed by atoms with E-state index in [1.54, 1.807) is 24.5 Å². The van der Waals surface area contributed by atoms with E-state index in [4.69, 9.17) is 32.4 Å². The van der Waals surface area contributed by atoms with E-state index in [9.17, 15) is 5.11 Å². The summed E-state index contributed by atoms with van der Waals surface area (Å²) in [5, 5.41) is 18.0. The summed E-state index contributed by atoms with van der Waals surface area (Å²) in [4.78, 5) is 4.51. The minimum atomic E-state index is -0.803. The summed E-state index contributed by atoms with van der Waals surface area (Å²) in [6.07, 6.45) is 3.90. The molecule has 0 saturated carbocycles. The Labute approximate surface area is 174 Å². The Bertz CT molecular complexity index is 742. The van der Waals surface area contributed by atoms with Crippen molar-refractivity contribution >= 4 is 29.2 Å². The molecule has 3 rings (SSSR count). The van der Waals surface area contributed by atoms with Gasteiger partial charge in [0.2, 0.25) is 0 Å². The molecule has 2 aromatic rings. The van der Waals surface area contributed by atoms with Gasteiger partial charge in [0.25, 0.3) is 0 Å². The SMILES string of the molecule is OC(CN=C(NCCc1ccco1)NCC1CCCO1)c1cc(Cl)cc(Cl)c1. The minimum Gasteiger partial charge on any atom is -0.469 e. The van der Waals surface area contributed by atoms with Crippen LogP contribution in [0.25, 0.3) is 0 Å². The monoisotopic (exact) mass is 425 g/mol. The number of benzene rings is 1. The molecule has 152 valence electrons. The van der Waals surface area contributed by atoms with Crippen LogP contribution in [0, 0.1) is 0 Å². The van der Waals surface area contributed by atoms with Crippen molar-refractivity contribution in [2.45, 2.75) is 31.5 Å². The predicted octanol–water partition coefficient (Wildman–Crippen LogP) is 3.58. The number of nitrogens with one attached hydrogen (secondary N) is 2. The Morgan fingerprint density at radius 3 is 2.75 bits per heavy atom. The van der Waals surface area contributed by atoms with Gasteiger partial charge >= 0.3 is 0 Å². The maximum atomic E-state index is 10.5. The summed E-state index contributed by atoms with van der Waals surface area (Å²) < 4.78 is 11.0. The summed E-state index contributed by atoms with van der Waals surface area (Å²) in [6, 6.07) is 8.82. The van der Waals surface area contributed by atoms with Gasteiger partial charge in [0.15, 0.2) is 5.96 Å². The molecule has 2 unspecified atom stereocenters. The lowest BCUT2D eigenvalue weighted by atomic mass is 10.1. The molecule has 3 N–H and O–H groups in total. The van der Waals surface area contributed by atoms with Crippen molar-refractivity contribution in [3.63, 3.8) is 0 Å². The number of aliphatic hydroxyl groups is 1. The van der Waals surface area contributed by atoms with Crippen molar-refractivity contribution in [2.24, 2.45) is 4.99 Å². The zero-order valence-electron chi connectivity index (χ0n) is 15.5. The third kappa shape index (κ3) is 6.71. The van der Waals surface area contributed by atoms with Gasteiger partial charge < -0.3 is 24.9 Å². The number of aliphatic imine (C=N–C) groups is 1. The highest BCUT2D eigenvalue weighted by Gasteiger charge is 2.16. The number of ether oxygens (including phenoxy) is 1. The van der Waals surface area contributed by atoms with Gasteiger partial charge in [-0.3, -0.25) is 4.99 Å². The zero-order chi connectivity index (χ0) is 19.8. The molecule has 0 radical (unpaired) electrons. The molecular weight excluding hydrogens is 401 g/mol. The standard InChI is InChI=1S/C20H25Cl2N3O3/c21-15-9-14(10-16(22)11-15)19(26)13-25-20(24-12-18-4-2-8-28-18)23-6-5-17-3-1-7-27-17/h1,3,7,9-11,18-19,26H,2,4-6,8,12-13H2,(H2,23,24,25). The first-order valence-corrected chi connectivity index (χ1v) is 10.2. The largest absolute Gasteiger partial charge is 0.469 e. The fraction of sp³-hybridized carbons (Fsp3) is 0.450. The number of halogens is 2. The van der Waals surface area contributed by atoms with Gasteiger partial charge in [-0.15, -0.1) is 0 Å². The van der Waals surface area contributed by atoms with Gasteiger partial charge in [-0.1, -0.05) is 23.2 Å². The molecule has 1 fully saturated rings. The first-order chi connectivity index (χ1) is 13.6. The van der Waals surface area contributed by atoms with E-state index in [-0.39, 0.29) is 12.6 Å². The van der Waals surface area contributed by atoms with Crippen LogP contribution >= 0.6 is 23.2 Å². The summed E-state index contributed by atoms with van der Waals surface area (Å²) in [6.45, 7) is 2.31. The van der Waals surface area contributed by atoms with Crippen LogP contribution in [0.5, 0.6) is 0 Å². The second-order valence-corrected chi connectivity index (χ2v) is 7.55. The average molecular weight is 426 g/mol. The molecule has 0 spiro atoms. The maximum absolute atomic E-state index is 10.5. The third-order valence-electron chi connectivity index (χ3n) is 4.46. The number of hydrogen-bond donors (Lipinski definition) is 3. The van der Waals surface area contributed by atoms with Gasteiger partial charge in [-0.2, -0.15) is 0 Å². The quantitative estimate of drug-likeness (QED) is 0.444. The number of aliphatic hydroxyl groups excluding tert-OH is 1. The van der Waals surface area contributed by atoms with Gasteiger partial charge in [0.05, 0.1) is 25.0 Å². The van der Waals surface area contributed by atoms with Crippen LogP contribution < -0.4 is 10.6 Å². The smallest absolute Gasteiger partial charge is 0.191 e. The van der Waals surface area contributed by atoms with E-state index in [0.717, 1.165) is 31.6 Å². The molecule has 2 heterocycles. The number of furan rings is 1. The molecule has 1 aromatic carbocycles. The van der Waals surface area contributed by atoms with Crippen LogP contribution in [0.1, 0.15) is 30.3 Å². The molecule has 0 amide bonds. The minimum absolute atomic E-state index is 0.179. The summed E-state index contributed by atoms with van der Waals surface area (Å²) in [5.74, 6) is 1.52. The number of nitrogens with zero attached hydrogens (tertiary/aromatic N) is 1. The molecular formula is C20H25Cl2N3O3. The molecule has 1 aliphatic rings. The third-order valence-corrected chi connectivity index (χ3v) is 4.89. The zero-order valence-corrected chi connectivity index (χ0v) is 17.0. The Balaban J connectivity index is 1.57.